The minimum atomic E-state index is -1.01. The molecular formula is C14H15Cl2NO2. The van der Waals surface area contributed by atoms with E-state index in [1.54, 1.807) is 6.07 Å². The lowest BCUT2D eigenvalue weighted by atomic mass is 10.1. The lowest BCUT2D eigenvalue weighted by Gasteiger charge is -2.30. The molecule has 0 amide bonds. The number of anilines is 1. The first-order valence-corrected chi connectivity index (χ1v) is 6.99. The Morgan fingerprint density at radius 1 is 1.16 bits per heavy atom. The van der Waals surface area contributed by atoms with Gasteiger partial charge in [0.05, 0.1) is 15.7 Å². The molecule has 102 valence electrons. The van der Waals surface area contributed by atoms with Crippen molar-refractivity contribution in [1.82, 2.24) is 0 Å². The largest absolute Gasteiger partial charge is 0.478 e. The Balaban J connectivity index is 2.28. The van der Waals surface area contributed by atoms with E-state index in [9.17, 15) is 4.79 Å². The lowest BCUT2D eigenvalue weighted by Crippen LogP contribution is -2.29. The predicted molar refractivity (Wildman–Crippen MR) is 79.2 cm³/mol. The van der Waals surface area contributed by atoms with E-state index in [4.69, 9.17) is 28.3 Å². The number of rotatable bonds is 3. The van der Waals surface area contributed by atoms with Crippen LogP contribution in [-0.4, -0.2) is 24.2 Å². The van der Waals surface area contributed by atoms with Crippen molar-refractivity contribution in [2.24, 2.45) is 0 Å². The van der Waals surface area contributed by atoms with Gasteiger partial charge in [0.15, 0.2) is 0 Å². The van der Waals surface area contributed by atoms with E-state index in [1.807, 2.05) is 6.07 Å². The van der Waals surface area contributed by atoms with E-state index in [0.29, 0.717) is 15.6 Å². The number of carboxylic acids is 1. The van der Waals surface area contributed by atoms with Crippen LogP contribution in [0.25, 0.3) is 6.08 Å². The molecule has 1 aromatic rings. The molecule has 1 saturated heterocycles. The van der Waals surface area contributed by atoms with E-state index >= 15 is 0 Å². The van der Waals surface area contributed by atoms with Crippen molar-refractivity contribution in [3.63, 3.8) is 0 Å². The van der Waals surface area contributed by atoms with Crippen molar-refractivity contribution < 1.29 is 9.90 Å². The van der Waals surface area contributed by atoms with Crippen LogP contribution >= 0.6 is 23.2 Å². The highest BCUT2D eigenvalue weighted by molar-refractivity contribution is 6.44. The molecule has 2 rings (SSSR count). The van der Waals surface area contributed by atoms with Crippen molar-refractivity contribution >= 4 is 40.9 Å². The van der Waals surface area contributed by atoms with E-state index in [2.05, 4.69) is 4.90 Å². The van der Waals surface area contributed by atoms with Gasteiger partial charge in [-0.2, -0.15) is 0 Å². The maximum Gasteiger partial charge on any atom is 0.328 e. The van der Waals surface area contributed by atoms with Crippen LogP contribution in [0.1, 0.15) is 24.8 Å². The number of hydrogen-bond acceptors (Lipinski definition) is 2. The van der Waals surface area contributed by atoms with Gasteiger partial charge in [0, 0.05) is 19.2 Å². The zero-order valence-corrected chi connectivity index (χ0v) is 11.9. The summed E-state index contributed by atoms with van der Waals surface area (Å²) in [4.78, 5) is 12.7. The van der Waals surface area contributed by atoms with Gasteiger partial charge < -0.3 is 10.0 Å². The highest BCUT2D eigenvalue weighted by Crippen LogP contribution is 2.36. The fraction of sp³-hybridized carbons (Fsp3) is 0.357. The average molecular weight is 300 g/mol. The summed E-state index contributed by atoms with van der Waals surface area (Å²) in [5, 5.41) is 9.52. The fourth-order valence-corrected chi connectivity index (χ4v) is 2.74. The molecule has 0 bridgehead atoms. The quantitative estimate of drug-likeness (QED) is 0.855. The summed E-state index contributed by atoms with van der Waals surface area (Å²) >= 11 is 12.5. The smallest absolute Gasteiger partial charge is 0.328 e. The van der Waals surface area contributed by atoms with Gasteiger partial charge in [-0.25, -0.2) is 4.79 Å². The summed E-state index contributed by atoms with van der Waals surface area (Å²) in [6.07, 6.45) is 6.08. The van der Waals surface area contributed by atoms with Crippen LogP contribution < -0.4 is 4.90 Å². The van der Waals surface area contributed by atoms with Gasteiger partial charge in [-0.05, 0) is 37.0 Å². The van der Waals surface area contributed by atoms with E-state index in [0.717, 1.165) is 37.7 Å². The molecule has 1 aliphatic heterocycles. The Morgan fingerprint density at radius 3 is 2.47 bits per heavy atom. The van der Waals surface area contributed by atoms with Crippen LogP contribution in [0.5, 0.6) is 0 Å². The molecule has 1 N–H and O–H groups in total. The van der Waals surface area contributed by atoms with Gasteiger partial charge in [-0.15, -0.1) is 0 Å². The van der Waals surface area contributed by atoms with Crippen LogP contribution in [-0.2, 0) is 4.79 Å². The number of carboxylic acid groups (broad SMARTS) is 1. The molecule has 1 heterocycles. The molecule has 0 spiro atoms. The van der Waals surface area contributed by atoms with Crippen molar-refractivity contribution in [3.05, 3.63) is 33.8 Å². The van der Waals surface area contributed by atoms with Gasteiger partial charge in [0.2, 0.25) is 0 Å². The third-order valence-electron chi connectivity index (χ3n) is 3.19. The standard InChI is InChI=1S/C14H15Cl2NO2/c15-13-10(5-7-12(18)19)4-6-11(14(13)16)17-8-2-1-3-9-17/h4-7H,1-3,8-9H2,(H,18,19)/b7-5+. The highest BCUT2D eigenvalue weighted by Gasteiger charge is 2.16. The lowest BCUT2D eigenvalue weighted by molar-refractivity contribution is -0.131. The van der Waals surface area contributed by atoms with Crippen LogP contribution in [0.15, 0.2) is 18.2 Å². The Kier molecular flexibility index (Phi) is 4.72. The summed E-state index contributed by atoms with van der Waals surface area (Å²) in [5.41, 5.74) is 1.55. The monoisotopic (exact) mass is 299 g/mol. The minimum Gasteiger partial charge on any atom is -0.478 e. The number of hydrogen-bond donors (Lipinski definition) is 1. The van der Waals surface area contributed by atoms with Crippen LogP contribution in [0.3, 0.4) is 0 Å². The zero-order valence-electron chi connectivity index (χ0n) is 10.4. The van der Waals surface area contributed by atoms with Crippen molar-refractivity contribution in [2.75, 3.05) is 18.0 Å². The summed E-state index contributed by atoms with van der Waals surface area (Å²) in [7, 11) is 0. The van der Waals surface area contributed by atoms with E-state index in [1.165, 1.54) is 12.5 Å². The Morgan fingerprint density at radius 2 is 1.84 bits per heavy atom. The molecule has 3 nitrogen and oxygen atoms in total. The van der Waals surface area contributed by atoms with Gasteiger partial charge in [0.1, 0.15) is 0 Å². The summed E-state index contributed by atoms with van der Waals surface area (Å²) in [6.45, 7) is 1.97. The molecular weight excluding hydrogens is 285 g/mol. The first-order valence-electron chi connectivity index (χ1n) is 6.23. The number of aliphatic carboxylic acids is 1. The first kappa shape index (κ1) is 14.2. The van der Waals surface area contributed by atoms with Gasteiger partial charge in [-0.1, -0.05) is 29.3 Å². The normalized spacial score (nSPS) is 16.0. The number of nitrogens with zero attached hydrogens (tertiary/aromatic N) is 1. The average Bonchev–Trinajstić information content (AvgIpc) is 2.41. The SMILES string of the molecule is O=C(O)/C=C/c1ccc(N2CCCCC2)c(Cl)c1Cl. The highest BCUT2D eigenvalue weighted by atomic mass is 35.5. The Bertz CT molecular complexity index is 508. The van der Waals surface area contributed by atoms with Crippen molar-refractivity contribution in [3.8, 4) is 0 Å². The van der Waals surface area contributed by atoms with E-state index < -0.39 is 5.97 Å². The molecule has 0 saturated carbocycles. The first-order chi connectivity index (χ1) is 9.09. The molecule has 0 unspecified atom stereocenters. The minimum absolute atomic E-state index is 0.405. The summed E-state index contributed by atoms with van der Waals surface area (Å²) in [6, 6.07) is 3.71. The molecule has 19 heavy (non-hydrogen) atoms. The Hall–Kier alpha value is -1.19. The number of benzene rings is 1. The van der Waals surface area contributed by atoms with Gasteiger partial charge >= 0.3 is 5.97 Å². The molecule has 0 atom stereocenters. The molecule has 1 fully saturated rings. The third-order valence-corrected chi connectivity index (χ3v) is 4.08. The Labute approximate surface area is 122 Å². The maximum atomic E-state index is 10.5. The summed E-state index contributed by atoms with van der Waals surface area (Å²) < 4.78 is 0. The topological polar surface area (TPSA) is 40.5 Å². The molecule has 1 aliphatic rings. The van der Waals surface area contributed by atoms with Crippen LogP contribution in [0.4, 0.5) is 5.69 Å². The molecule has 1 aromatic carbocycles. The zero-order chi connectivity index (χ0) is 13.8. The second kappa shape index (κ2) is 6.31. The van der Waals surface area contributed by atoms with Crippen LogP contribution in [0.2, 0.25) is 10.0 Å². The molecule has 0 radical (unpaired) electrons. The van der Waals surface area contributed by atoms with Crippen molar-refractivity contribution in [1.29, 1.82) is 0 Å². The molecule has 5 heteroatoms. The number of piperidine rings is 1. The third kappa shape index (κ3) is 3.43. The summed E-state index contributed by atoms with van der Waals surface area (Å²) in [5.74, 6) is -1.01. The second-order valence-corrected chi connectivity index (χ2v) is 5.28. The maximum absolute atomic E-state index is 10.5. The van der Waals surface area contributed by atoms with Gasteiger partial charge in [0.25, 0.3) is 0 Å². The molecule has 0 aromatic heterocycles. The predicted octanol–water partition coefficient (Wildman–Crippen LogP) is 4.08. The second-order valence-electron chi connectivity index (χ2n) is 4.52. The van der Waals surface area contributed by atoms with Crippen molar-refractivity contribution in [2.45, 2.75) is 19.3 Å². The number of halogens is 2. The van der Waals surface area contributed by atoms with Crippen LogP contribution in [0, 0.1) is 0 Å². The fourth-order valence-electron chi connectivity index (χ4n) is 2.22. The number of carbonyl (C=O) groups is 1. The molecule has 0 aliphatic carbocycles. The van der Waals surface area contributed by atoms with Gasteiger partial charge in [-0.3, -0.25) is 0 Å². The van der Waals surface area contributed by atoms with E-state index in [-0.39, 0.29) is 0 Å².